The van der Waals surface area contributed by atoms with Gasteiger partial charge in [-0.2, -0.15) is 5.10 Å². The van der Waals surface area contributed by atoms with E-state index >= 15 is 0 Å². The normalized spacial score (nSPS) is 9.93. The number of aromatic amines is 1. The minimum absolute atomic E-state index is 0.200. The number of anilines is 1. The van der Waals surface area contributed by atoms with Crippen LogP contribution >= 0.6 is 0 Å². The molecule has 2 rings (SSSR count). The number of aromatic nitrogens is 3. The van der Waals surface area contributed by atoms with E-state index in [1.54, 1.807) is 12.3 Å². The smallest absolute Gasteiger partial charge is 0.258 e. The average Bonchev–Trinajstić information content (AvgIpc) is 2.74. The predicted octanol–water partition coefficient (Wildman–Crippen LogP) is 1.37. The molecule has 76 valence electrons. The maximum atomic E-state index is 11.6. The summed E-state index contributed by atoms with van der Waals surface area (Å²) in [5.74, 6) is -0.200. The van der Waals surface area contributed by atoms with Crippen LogP contribution in [-0.2, 0) is 0 Å². The van der Waals surface area contributed by atoms with Crippen molar-refractivity contribution in [3.8, 4) is 0 Å². The molecule has 1 amide bonds. The van der Waals surface area contributed by atoms with Crippen molar-refractivity contribution in [3.63, 3.8) is 0 Å². The highest BCUT2D eigenvalue weighted by atomic mass is 16.1. The number of carbonyl (C=O) groups excluding carboxylic acids is 1. The highest BCUT2D eigenvalue weighted by Gasteiger charge is 2.06. The van der Waals surface area contributed by atoms with Crippen LogP contribution in [0, 0.1) is 6.92 Å². The van der Waals surface area contributed by atoms with Crippen molar-refractivity contribution < 1.29 is 4.79 Å². The van der Waals surface area contributed by atoms with Crippen molar-refractivity contribution in [3.05, 3.63) is 42.0 Å². The number of carbonyl (C=O) groups is 1. The van der Waals surface area contributed by atoms with Gasteiger partial charge in [-0.25, -0.2) is 0 Å². The second kappa shape index (κ2) is 3.91. The summed E-state index contributed by atoms with van der Waals surface area (Å²) in [6.45, 7) is 1.89. The molecule has 0 aromatic carbocycles. The van der Waals surface area contributed by atoms with Gasteiger partial charge in [0.05, 0.1) is 23.6 Å². The Morgan fingerprint density at radius 3 is 2.87 bits per heavy atom. The van der Waals surface area contributed by atoms with Crippen LogP contribution in [0.2, 0.25) is 0 Å². The van der Waals surface area contributed by atoms with Crippen molar-refractivity contribution >= 4 is 11.6 Å². The lowest BCUT2D eigenvalue weighted by molar-refractivity contribution is 0.102. The average molecular weight is 202 g/mol. The number of pyridine rings is 1. The summed E-state index contributed by atoms with van der Waals surface area (Å²) in [6.07, 6.45) is 4.63. The third-order valence-corrected chi connectivity index (χ3v) is 1.93. The number of rotatable bonds is 2. The van der Waals surface area contributed by atoms with Gasteiger partial charge in [0.25, 0.3) is 5.91 Å². The second-order valence-corrected chi connectivity index (χ2v) is 3.13. The summed E-state index contributed by atoms with van der Waals surface area (Å²) in [6, 6.07) is 3.64. The molecule has 5 nitrogen and oxygen atoms in total. The van der Waals surface area contributed by atoms with Crippen LogP contribution in [0.15, 0.2) is 30.7 Å². The zero-order chi connectivity index (χ0) is 10.7. The maximum Gasteiger partial charge on any atom is 0.258 e. The highest BCUT2D eigenvalue weighted by Crippen LogP contribution is 2.07. The molecular weight excluding hydrogens is 192 g/mol. The Morgan fingerprint density at radius 1 is 1.40 bits per heavy atom. The lowest BCUT2D eigenvalue weighted by Gasteiger charge is -2.02. The first kappa shape index (κ1) is 9.39. The molecular formula is C10H10N4O. The van der Waals surface area contributed by atoms with Crippen molar-refractivity contribution in [1.82, 2.24) is 15.2 Å². The summed E-state index contributed by atoms with van der Waals surface area (Å²) < 4.78 is 0. The van der Waals surface area contributed by atoms with E-state index in [2.05, 4.69) is 20.5 Å². The van der Waals surface area contributed by atoms with Gasteiger partial charge in [-0.1, -0.05) is 0 Å². The summed E-state index contributed by atoms with van der Waals surface area (Å²) in [5, 5.41) is 8.99. The van der Waals surface area contributed by atoms with Crippen LogP contribution in [0.3, 0.4) is 0 Å². The Hall–Kier alpha value is -2.17. The molecule has 0 aliphatic rings. The third-order valence-electron chi connectivity index (χ3n) is 1.93. The van der Waals surface area contributed by atoms with Crippen molar-refractivity contribution in [2.24, 2.45) is 0 Å². The van der Waals surface area contributed by atoms with Crippen LogP contribution in [0.5, 0.6) is 0 Å². The number of amides is 1. The van der Waals surface area contributed by atoms with Crippen molar-refractivity contribution in [2.75, 3.05) is 5.32 Å². The predicted molar refractivity (Wildman–Crippen MR) is 55.5 cm³/mol. The van der Waals surface area contributed by atoms with Gasteiger partial charge in [0.15, 0.2) is 0 Å². The third kappa shape index (κ3) is 2.19. The first-order chi connectivity index (χ1) is 7.25. The number of aryl methyl sites for hydroxylation is 1. The number of nitrogens with zero attached hydrogens (tertiary/aromatic N) is 2. The van der Waals surface area contributed by atoms with Gasteiger partial charge in [-0.3, -0.25) is 14.9 Å². The molecule has 0 spiro atoms. The van der Waals surface area contributed by atoms with E-state index in [1.807, 2.05) is 13.0 Å². The Kier molecular flexibility index (Phi) is 2.45. The lowest BCUT2D eigenvalue weighted by Crippen LogP contribution is -2.11. The zero-order valence-corrected chi connectivity index (χ0v) is 8.19. The topological polar surface area (TPSA) is 70.7 Å². The SMILES string of the molecule is Cc1ccc(NC(=O)c2cn[nH]c2)cn1. The minimum Gasteiger partial charge on any atom is -0.320 e. The summed E-state index contributed by atoms with van der Waals surface area (Å²) in [5.41, 5.74) is 2.08. The van der Waals surface area contributed by atoms with E-state index in [-0.39, 0.29) is 5.91 Å². The van der Waals surface area contributed by atoms with Crippen LogP contribution in [0.1, 0.15) is 16.1 Å². The Morgan fingerprint density at radius 2 is 2.27 bits per heavy atom. The van der Waals surface area contributed by atoms with E-state index in [0.29, 0.717) is 11.3 Å². The summed E-state index contributed by atoms with van der Waals surface area (Å²) in [4.78, 5) is 15.6. The first-order valence-electron chi connectivity index (χ1n) is 4.48. The molecule has 0 unspecified atom stereocenters. The van der Waals surface area contributed by atoms with Gasteiger partial charge >= 0.3 is 0 Å². The summed E-state index contributed by atoms with van der Waals surface area (Å²) in [7, 11) is 0. The molecule has 0 bridgehead atoms. The van der Waals surface area contributed by atoms with E-state index in [0.717, 1.165) is 5.69 Å². The van der Waals surface area contributed by atoms with Crippen molar-refractivity contribution in [2.45, 2.75) is 6.92 Å². The quantitative estimate of drug-likeness (QED) is 0.772. The van der Waals surface area contributed by atoms with E-state index < -0.39 is 0 Å². The molecule has 0 aliphatic heterocycles. The van der Waals surface area contributed by atoms with Gasteiger partial charge in [-0.15, -0.1) is 0 Å². The number of hydrogen-bond acceptors (Lipinski definition) is 3. The van der Waals surface area contributed by atoms with Gasteiger partial charge in [-0.05, 0) is 19.1 Å². The van der Waals surface area contributed by atoms with Gasteiger partial charge in [0.1, 0.15) is 0 Å². The standard InChI is InChI=1S/C10H10N4O/c1-7-2-3-9(6-11-7)14-10(15)8-4-12-13-5-8/h2-6H,1H3,(H,12,13)(H,14,15). The Balaban J connectivity index is 2.09. The van der Waals surface area contributed by atoms with Gasteiger partial charge < -0.3 is 5.32 Å². The first-order valence-corrected chi connectivity index (χ1v) is 4.48. The fraction of sp³-hybridized carbons (Fsp3) is 0.100. The van der Waals surface area contributed by atoms with Gasteiger partial charge in [0.2, 0.25) is 0 Å². The molecule has 15 heavy (non-hydrogen) atoms. The largest absolute Gasteiger partial charge is 0.320 e. The molecule has 0 radical (unpaired) electrons. The van der Waals surface area contributed by atoms with Crippen LogP contribution in [-0.4, -0.2) is 21.1 Å². The second-order valence-electron chi connectivity index (χ2n) is 3.13. The number of hydrogen-bond donors (Lipinski definition) is 2. The molecule has 0 saturated carbocycles. The molecule has 2 aromatic rings. The molecule has 0 saturated heterocycles. The molecule has 0 atom stereocenters. The van der Waals surface area contributed by atoms with Crippen molar-refractivity contribution in [1.29, 1.82) is 0 Å². The molecule has 2 heterocycles. The number of nitrogens with one attached hydrogen (secondary N) is 2. The zero-order valence-electron chi connectivity index (χ0n) is 8.19. The molecule has 2 aromatic heterocycles. The summed E-state index contributed by atoms with van der Waals surface area (Å²) >= 11 is 0. The molecule has 0 aliphatic carbocycles. The van der Waals surface area contributed by atoms with Gasteiger partial charge in [0, 0.05) is 11.9 Å². The Bertz CT molecular complexity index is 447. The van der Waals surface area contributed by atoms with E-state index in [4.69, 9.17) is 0 Å². The fourth-order valence-electron chi connectivity index (χ4n) is 1.12. The fourth-order valence-corrected chi connectivity index (χ4v) is 1.12. The van der Waals surface area contributed by atoms with Crippen LogP contribution in [0.4, 0.5) is 5.69 Å². The lowest BCUT2D eigenvalue weighted by atomic mass is 10.3. The highest BCUT2D eigenvalue weighted by molar-refractivity contribution is 6.03. The maximum absolute atomic E-state index is 11.6. The van der Waals surface area contributed by atoms with E-state index in [9.17, 15) is 4.79 Å². The van der Waals surface area contributed by atoms with Crippen LogP contribution < -0.4 is 5.32 Å². The molecule has 5 heteroatoms. The number of H-pyrrole nitrogens is 1. The Labute approximate surface area is 86.5 Å². The molecule has 0 fully saturated rings. The monoisotopic (exact) mass is 202 g/mol. The van der Waals surface area contributed by atoms with Crippen LogP contribution in [0.25, 0.3) is 0 Å². The van der Waals surface area contributed by atoms with E-state index in [1.165, 1.54) is 12.4 Å². The molecule has 2 N–H and O–H groups in total. The minimum atomic E-state index is -0.200.